The lowest BCUT2D eigenvalue weighted by atomic mass is 9.49. The number of carbonyl (C=O) groups is 4. The molecular formula is C45H54FN7O6. The first-order chi connectivity index (χ1) is 28.2. The van der Waals surface area contributed by atoms with Crippen LogP contribution in [0.1, 0.15) is 79.7 Å². The normalized spacial score (nSPS) is 23.0. The summed E-state index contributed by atoms with van der Waals surface area (Å²) in [7, 11) is 1.53. The van der Waals surface area contributed by atoms with Crippen molar-refractivity contribution in [1.29, 1.82) is 5.26 Å². The Labute approximate surface area is 345 Å². The summed E-state index contributed by atoms with van der Waals surface area (Å²) in [6.45, 7) is 14.0. The van der Waals surface area contributed by atoms with E-state index in [9.17, 15) is 24.4 Å². The molecular weight excluding hydrogens is 754 g/mol. The summed E-state index contributed by atoms with van der Waals surface area (Å²) >= 11 is 0. The fourth-order valence-electron chi connectivity index (χ4n) is 9.73. The highest BCUT2D eigenvalue weighted by atomic mass is 19.1. The summed E-state index contributed by atoms with van der Waals surface area (Å²) in [5.41, 5.74) is 1.68. The van der Waals surface area contributed by atoms with E-state index in [1.54, 1.807) is 30.3 Å². The maximum Gasteiger partial charge on any atom is 0.254 e. The van der Waals surface area contributed by atoms with Gasteiger partial charge >= 0.3 is 0 Å². The molecule has 7 rings (SSSR count). The molecule has 4 fully saturated rings. The van der Waals surface area contributed by atoms with E-state index in [2.05, 4.69) is 59.5 Å². The fourth-order valence-corrected chi connectivity index (χ4v) is 9.73. The number of nitrogens with zero attached hydrogens (tertiary/aromatic N) is 4. The largest absolute Gasteiger partial charge is 0.495 e. The van der Waals surface area contributed by atoms with E-state index in [-0.39, 0.29) is 53.2 Å². The number of halogens is 1. The van der Waals surface area contributed by atoms with Crippen LogP contribution >= 0.6 is 0 Å². The van der Waals surface area contributed by atoms with Crippen LogP contribution in [0.3, 0.4) is 0 Å². The van der Waals surface area contributed by atoms with Crippen molar-refractivity contribution < 1.29 is 33.0 Å². The van der Waals surface area contributed by atoms with Gasteiger partial charge in [-0.2, -0.15) is 5.26 Å². The Hall–Kier alpha value is -5.68. The lowest BCUT2D eigenvalue weighted by molar-refractivity contribution is -0.164. The minimum absolute atomic E-state index is 0.120. The van der Waals surface area contributed by atoms with Crippen LogP contribution in [-0.2, 0) is 9.59 Å². The Morgan fingerprint density at radius 3 is 2.22 bits per heavy atom. The Bertz CT molecular complexity index is 2100. The van der Waals surface area contributed by atoms with Gasteiger partial charge in [0, 0.05) is 86.4 Å². The molecule has 59 heavy (non-hydrogen) atoms. The number of amides is 4. The zero-order valence-electron chi connectivity index (χ0n) is 34.5. The third-order valence-electron chi connectivity index (χ3n) is 12.8. The van der Waals surface area contributed by atoms with Gasteiger partial charge in [0.05, 0.1) is 23.9 Å². The van der Waals surface area contributed by atoms with Crippen molar-refractivity contribution in [3.63, 3.8) is 0 Å². The van der Waals surface area contributed by atoms with Gasteiger partial charge in [-0.05, 0) is 73.7 Å². The Balaban J connectivity index is 0.858. The molecule has 13 nitrogen and oxygen atoms in total. The topological polar surface area (TPSA) is 156 Å². The van der Waals surface area contributed by atoms with Crippen molar-refractivity contribution in [3.05, 3.63) is 83.2 Å². The fraction of sp³-hybridized carbons (Fsp3) is 0.489. The highest BCUT2D eigenvalue weighted by Crippen LogP contribution is 2.55. The zero-order valence-corrected chi connectivity index (χ0v) is 34.5. The predicted molar refractivity (Wildman–Crippen MR) is 221 cm³/mol. The number of nitriles is 1. The summed E-state index contributed by atoms with van der Waals surface area (Å²) in [6.07, 6.45) is 2.22. The average molecular weight is 808 g/mol. The predicted octanol–water partition coefficient (Wildman–Crippen LogP) is 4.89. The van der Waals surface area contributed by atoms with Crippen LogP contribution in [0.15, 0.2) is 60.7 Å². The summed E-state index contributed by atoms with van der Waals surface area (Å²) in [5, 5.41) is 17.4. The molecule has 0 aromatic heterocycles. The van der Waals surface area contributed by atoms with Gasteiger partial charge in [-0.25, -0.2) is 4.39 Å². The second-order valence-corrected chi connectivity index (χ2v) is 17.4. The van der Waals surface area contributed by atoms with Gasteiger partial charge in [0.25, 0.3) is 11.8 Å². The van der Waals surface area contributed by atoms with Crippen molar-refractivity contribution in [1.82, 2.24) is 20.9 Å². The molecule has 1 saturated carbocycles. The van der Waals surface area contributed by atoms with Crippen LogP contribution < -0.4 is 35.2 Å². The van der Waals surface area contributed by atoms with E-state index in [4.69, 9.17) is 9.47 Å². The summed E-state index contributed by atoms with van der Waals surface area (Å²) in [4.78, 5) is 56.8. The van der Waals surface area contributed by atoms with Crippen molar-refractivity contribution in [2.45, 2.75) is 71.6 Å². The van der Waals surface area contributed by atoms with Gasteiger partial charge in [-0.15, -0.1) is 0 Å². The smallest absolute Gasteiger partial charge is 0.254 e. The standard InChI is InChI=1S/C45H54FN7O6/c1-44(2)42(45(3,4)43(44)59-32-14-11-30(26-47)36(25-32)58-5)50-39(55)29-9-12-31(13-10-29)52-19-17-28(18-20-52)27-51-21-23-53(24-22-51)35-8-6-7-33(38(35)46)40(56)48-34-15-16-37(54)49-41(34)57/h6-14,25,28,34,42-43H,15-24,27H2,1-5H3,(H,48,56)(H,50,55)(H,49,54,57)/t34-,42?,43?/m0/s1. The number of hydrogen-bond acceptors (Lipinski definition) is 10. The number of benzene rings is 3. The number of nitrogens with one attached hydrogen (secondary N) is 3. The van der Waals surface area contributed by atoms with Crippen LogP contribution in [0.2, 0.25) is 0 Å². The van der Waals surface area contributed by atoms with Crippen LogP contribution in [0.4, 0.5) is 15.8 Å². The van der Waals surface area contributed by atoms with Crippen LogP contribution in [0.5, 0.6) is 11.5 Å². The Morgan fingerprint density at radius 2 is 1.58 bits per heavy atom. The van der Waals surface area contributed by atoms with Gasteiger partial charge in [-0.1, -0.05) is 33.8 Å². The molecule has 0 radical (unpaired) electrons. The highest BCUT2D eigenvalue weighted by Gasteiger charge is 2.64. The summed E-state index contributed by atoms with van der Waals surface area (Å²) in [5.74, 6) is -0.738. The molecule has 3 heterocycles. The number of imide groups is 1. The molecule has 4 amide bonds. The molecule has 3 aliphatic heterocycles. The summed E-state index contributed by atoms with van der Waals surface area (Å²) in [6, 6.07) is 18.9. The lowest BCUT2D eigenvalue weighted by Crippen LogP contribution is -2.74. The van der Waals surface area contributed by atoms with Gasteiger partial charge in [-0.3, -0.25) is 29.4 Å². The molecule has 0 bridgehead atoms. The van der Waals surface area contributed by atoms with E-state index < -0.39 is 23.7 Å². The molecule has 312 valence electrons. The third kappa shape index (κ3) is 8.57. The van der Waals surface area contributed by atoms with Gasteiger partial charge in [0.2, 0.25) is 11.8 Å². The van der Waals surface area contributed by atoms with Crippen molar-refractivity contribution in [2.24, 2.45) is 16.7 Å². The van der Waals surface area contributed by atoms with E-state index in [0.29, 0.717) is 47.3 Å². The molecule has 3 saturated heterocycles. The molecule has 14 heteroatoms. The minimum atomic E-state index is -0.873. The van der Waals surface area contributed by atoms with E-state index in [1.165, 1.54) is 13.2 Å². The minimum Gasteiger partial charge on any atom is -0.495 e. The maximum atomic E-state index is 15.7. The first kappa shape index (κ1) is 41.5. The maximum absolute atomic E-state index is 15.7. The molecule has 1 aliphatic carbocycles. The van der Waals surface area contributed by atoms with Gasteiger partial charge in [0.15, 0.2) is 5.82 Å². The number of anilines is 2. The first-order valence-corrected chi connectivity index (χ1v) is 20.5. The van der Waals surface area contributed by atoms with Gasteiger partial charge < -0.3 is 29.9 Å². The molecule has 1 atom stereocenters. The Kier molecular flexibility index (Phi) is 11.9. The second-order valence-electron chi connectivity index (χ2n) is 17.4. The average Bonchev–Trinajstić information content (AvgIpc) is 3.23. The van der Waals surface area contributed by atoms with E-state index in [0.717, 1.165) is 51.3 Å². The van der Waals surface area contributed by atoms with Gasteiger partial charge in [0.1, 0.15) is 29.7 Å². The number of piperidine rings is 2. The molecule has 3 aromatic carbocycles. The quantitative estimate of drug-likeness (QED) is 0.228. The molecule has 3 aromatic rings. The zero-order chi connectivity index (χ0) is 42.1. The lowest BCUT2D eigenvalue weighted by Gasteiger charge is -2.63. The van der Waals surface area contributed by atoms with Crippen LogP contribution in [0, 0.1) is 33.9 Å². The highest BCUT2D eigenvalue weighted by molar-refractivity contribution is 6.04. The van der Waals surface area contributed by atoms with Crippen LogP contribution in [-0.4, -0.2) is 99.6 Å². The van der Waals surface area contributed by atoms with Crippen molar-refractivity contribution in [3.8, 4) is 17.6 Å². The number of carbonyl (C=O) groups excluding carboxylic acids is 4. The number of ether oxygens (including phenoxy) is 2. The van der Waals surface area contributed by atoms with E-state index in [1.807, 2.05) is 29.2 Å². The second kappa shape index (κ2) is 16.9. The number of hydrogen-bond donors (Lipinski definition) is 3. The summed E-state index contributed by atoms with van der Waals surface area (Å²) < 4.78 is 27.5. The SMILES string of the molecule is COc1cc(OC2C(C)(C)C(NC(=O)c3ccc(N4CCC(CN5CCN(c6cccc(C(=O)N[C@H]7CCC(=O)NC7=O)c6F)CC5)CC4)cc3)C2(C)C)ccc1C#N. The number of piperazine rings is 1. The number of methoxy groups -OCH3 is 1. The van der Waals surface area contributed by atoms with Crippen molar-refractivity contribution >= 4 is 35.0 Å². The Morgan fingerprint density at radius 1 is 0.881 bits per heavy atom. The molecule has 4 aliphatic rings. The first-order valence-electron chi connectivity index (χ1n) is 20.5. The van der Waals surface area contributed by atoms with Crippen molar-refractivity contribution in [2.75, 3.05) is 62.7 Å². The molecule has 0 spiro atoms. The monoisotopic (exact) mass is 807 g/mol. The third-order valence-corrected chi connectivity index (χ3v) is 12.8. The molecule has 0 unspecified atom stereocenters. The number of rotatable bonds is 11. The van der Waals surface area contributed by atoms with E-state index >= 15 is 4.39 Å². The van der Waals surface area contributed by atoms with Crippen LogP contribution in [0.25, 0.3) is 0 Å². The molecule has 3 N–H and O–H groups in total.